The van der Waals surface area contributed by atoms with E-state index in [0.717, 1.165) is 16.7 Å². The number of pyridine rings is 1. The van der Waals surface area contributed by atoms with Gasteiger partial charge in [-0.25, -0.2) is 4.98 Å². The van der Waals surface area contributed by atoms with Gasteiger partial charge in [0.25, 0.3) is 0 Å². The molecule has 2 N–H and O–H groups in total. The van der Waals surface area contributed by atoms with E-state index in [1.54, 1.807) is 6.20 Å². The van der Waals surface area contributed by atoms with Crippen LogP contribution >= 0.6 is 0 Å². The molecule has 73 valence electrons. The molecule has 0 fully saturated rings. The van der Waals surface area contributed by atoms with E-state index >= 15 is 0 Å². The van der Waals surface area contributed by atoms with E-state index in [1.165, 1.54) is 0 Å². The van der Waals surface area contributed by atoms with E-state index in [1.807, 2.05) is 12.1 Å². The number of aliphatic hydroxyl groups is 1. The SMILES string of the molecule is OCCOCc1[c]c2cccnc2[nH]1. The molecule has 2 aromatic rings. The van der Waals surface area contributed by atoms with Crippen LogP contribution in [-0.4, -0.2) is 28.3 Å². The zero-order valence-corrected chi connectivity index (χ0v) is 7.66. The molecular weight excluding hydrogens is 180 g/mol. The van der Waals surface area contributed by atoms with Crippen molar-refractivity contribution < 1.29 is 9.84 Å². The first-order valence-electron chi connectivity index (χ1n) is 4.43. The Morgan fingerprint density at radius 1 is 1.57 bits per heavy atom. The van der Waals surface area contributed by atoms with E-state index in [0.29, 0.717) is 13.2 Å². The van der Waals surface area contributed by atoms with Crippen LogP contribution in [0.25, 0.3) is 11.0 Å². The summed E-state index contributed by atoms with van der Waals surface area (Å²) >= 11 is 0. The van der Waals surface area contributed by atoms with Crippen LogP contribution in [0.3, 0.4) is 0 Å². The van der Waals surface area contributed by atoms with Crippen LogP contribution < -0.4 is 0 Å². The third-order valence-electron chi connectivity index (χ3n) is 1.84. The van der Waals surface area contributed by atoms with Crippen LogP contribution in [0.4, 0.5) is 0 Å². The number of aliphatic hydroxyl groups excluding tert-OH is 1. The minimum Gasteiger partial charge on any atom is -0.394 e. The molecule has 0 aliphatic rings. The smallest absolute Gasteiger partial charge is 0.138 e. The van der Waals surface area contributed by atoms with Crippen LogP contribution in [0, 0.1) is 6.07 Å². The highest BCUT2D eigenvalue weighted by Crippen LogP contribution is 2.11. The van der Waals surface area contributed by atoms with Crippen molar-refractivity contribution in [3.8, 4) is 0 Å². The quantitative estimate of drug-likeness (QED) is 0.705. The number of aromatic nitrogens is 2. The summed E-state index contributed by atoms with van der Waals surface area (Å²) in [6.45, 7) is 0.812. The van der Waals surface area contributed by atoms with E-state index in [-0.39, 0.29) is 6.61 Å². The molecule has 0 unspecified atom stereocenters. The molecule has 2 rings (SSSR count). The van der Waals surface area contributed by atoms with Gasteiger partial charge in [-0.2, -0.15) is 0 Å². The summed E-state index contributed by atoms with van der Waals surface area (Å²) in [6.07, 6.45) is 1.73. The van der Waals surface area contributed by atoms with Crippen molar-refractivity contribution in [2.45, 2.75) is 6.61 Å². The monoisotopic (exact) mass is 191 g/mol. The second-order valence-corrected chi connectivity index (χ2v) is 2.90. The summed E-state index contributed by atoms with van der Waals surface area (Å²) in [4.78, 5) is 7.22. The number of hydrogen-bond donors (Lipinski definition) is 2. The topological polar surface area (TPSA) is 58.1 Å². The number of hydrogen-bond acceptors (Lipinski definition) is 3. The summed E-state index contributed by atoms with van der Waals surface area (Å²) in [5, 5.41) is 9.48. The maximum absolute atomic E-state index is 8.53. The molecule has 0 spiro atoms. The van der Waals surface area contributed by atoms with Crippen molar-refractivity contribution in [2.24, 2.45) is 0 Å². The molecule has 1 radical (unpaired) electrons. The molecule has 0 aromatic carbocycles. The maximum atomic E-state index is 8.53. The Bertz CT molecular complexity index is 378. The van der Waals surface area contributed by atoms with Crippen LogP contribution in [0.15, 0.2) is 18.3 Å². The lowest BCUT2D eigenvalue weighted by atomic mass is 10.3. The lowest BCUT2D eigenvalue weighted by Gasteiger charge is -1.97. The van der Waals surface area contributed by atoms with Gasteiger partial charge in [0.05, 0.1) is 25.5 Å². The molecule has 14 heavy (non-hydrogen) atoms. The summed E-state index contributed by atoms with van der Waals surface area (Å²) in [7, 11) is 0. The standard InChI is InChI=1S/C10H11N2O2/c13-4-5-14-7-9-6-8-2-1-3-11-10(8)12-9/h1-3,13H,4-5,7H2,(H,11,12). The number of ether oxygens (including phenoxy) is 1. The fourth-order valence-corrected chi connectivity index (χ4v) is 1.25. The van der Waals surface area contributed by atoms with Crippen molar-refractivity contribution in [3.05, 3.63) is 30.1 Å². The summed E-state index contributed by atoms with van der Waals surface area (Å²) < 4.78 is 5.16. The third kappa shape index (κ3) is 1.92. The molecule has 0 bridgehead atoms. The molecule has 0 aliphatic heterocycles. The van der Waals surface area contributed by atoms with Crippen molar-refractivity contribution in [2.75, 3.05) is 13.2 Å². The molecule has 0 atom stereocenters. The number of nitrogens with zero attached hydrogens (tertiary/aromatic N) is 1. The van der Waals surface area contributed by atoms with Crippen LogP contribution in [-0.2, 0) is 11.3 Å². The van der Waals surface area contributed by atoms with Gasteiger partial charge >= 0.3 is 0 Å². The Kier molecular flexibility index (Phi) is 2.76. The highest BCUT2D eigenvalue weighted by atomic mass is 16.5. The number of nitrogens with one attached hydrogen (secondary N) is 1. The Hall–Kier alpha value is -1.39. The molecule has 0 saturated heterocycles. The van der Waals surface area contributed by atoms with Gasteiger partial charge in [0.1, 0.15) is 5.65 Å². The summed E-state index contributed by atoms with van der Waals surface area (Å²) in [5.74, 6) is 0. The Balaban J connectivity index is 2.11. The van der Waals surface area contributed by atoms with E-state index in [9.17, 15) is 0 Å². The second-order valence-electron chi connectivity index (χ2n) is 2.90. The van der Waals surface area contributed by atoms with Gasteiger partial charge in [-0.15, -0.1) is 0 Å². The average molecular weight is 191 g/mol. The van der Waals surface area contributed by atoms with E-state index < -0.39 is 0 Å². The van der Waals surface area contributed by atoms with Gasteiger partial charge in [0.2, 0.25) is 0 Å². The first-order valence-corrected chi connectivity index (χ1v) is 4.43. The van der Waals surface area contributed by atoms with Crippen molar-refractivity contribution in [1.82, 2.24) is 9.97 Å². The third-order valence-corrected chi connectivity index (χ3v) is 1.84. The van der Waals surface area contributed by atoms with Crippen LogP contribution in [0.1, 0.15) is 5.69 Å². The van der Waals surface area contributed by atoms with Crippen molar-refractivity contribution in [1.29, 1.82) is 0 Å². The van der Waals surface area contributed by atoms with E-state index in [2.05, 4.69) is 16.0 Å². The summed E-state index contributed by atoms with van der Waals surface area (Å²) in [5.41, 5.74) is 1.67. The molecule has 2 heterocycles. The Morgan fingerprint density at radius 3 is 3.29 bits per heavy atom. The zero-order valence-electron chi connectivity index (χ0n) is 7.66. The van der Waals surface area contributed by atoms with Crippen molar-refractivity contribution in [3.63, 3.8) is 0 Å². The maximum Gasteiger partial charge on any atom is 0.138 e. The van der Waals surface area contributed by atoms with Crippen molar-refractivity contribution >= 4 is 11.0 Å². The van der Waals surface area contributed by atoms with Crippen LogP contribution in [0.5, 0.6) is 0 Å². The molecule has 0 amide bonds. The highest BCUT2D eigenvalue weighted by Gasteiger charge is 2.00. The van der Waals surface area contributed by atoms with Gasteiger partial charge in [-0.3, -0.25) is 0 Å². The largest absolute Gasteiger partial charge is 0.394 e. The number of aromatic amines is 1. The Labute approximate surface area is 81.5 Å². The van der Waals surface area contributed by atoms with Gasteiger partial charge in [-0.1, -0.05) is 0 Å². The second kappa shape index (κ2) is 4.21. The minimum absolute atomic E-state index is 0.0402. The summed E-state index contributed by atoms with van der Waals surface area (Å²) in [6, 6.07) is 6.93. The molecule has 4 nitrogen and oxygen atoms in total. The normalized spacial score (nSPS) is 10.9. The average Bonchev–Trinajstić information content (AvgIpc) is 2.60. The molecular formula is C10H11N2O2. The number of rotatable bonds is 4. The predicted octanol–water partition coefficient (Wildman–Crippen LogP) is 0.872. The van der Waals surface area contributed by atoms with Gasteiger partial charge in [0, 0.05) is 17.6 Å². The van der Waals surface area contributed by atoms with E-state index in [4.69, 9.17) is 9.84 Å². The van der Waals surface area contributed by atoms with Gasteiger partial charge < -0.3 is 14.8 Å². The zero-order chi connectivity index (χ0) is 9.80. The minimum atomic E-state index is 0.0402. The number of fused-ring (bicyclic) bond motifs is 1. The fraction of sp³-hybridized carbons (Fsp3) is 0.300. The lowest BCUT2D eigenvalue weighted by Crippen LogP contribution is -1.99. The highest BCUT2D eigenvalue weighted by molar-refractivity contribution is 5.75. The number of H-pyrrole nitrogens is 1. The van der Waals surface area contributed by atoms with Crippen LogP contribution in [0.2, 0.25) is 0 Å². The molecule has 0 saturated carbocycles. The molecule has 0 aliphatic carbocycles. The first-order chi connectivity index (χ1) is 6.90. The first kappa shape index (κ1) is 9.18. The van der Waals surface area contributed by atoms with Gasteiger partial charge in [-0.05, 0) is 12.1 Å². The fourth-order valence-electron chi connectivity index (χ4n) is 1.25. The van der Waals surface area contributed by atoms with Gasteiger partial charge in [0.15, 0.2) is 0 Å². The molecule has 4 heteroatoms. The lowest BCUT2D eigenvalue weighted by molar-refractivity contribution is 0.0799. The predicted molar refractivity (Wildman–Crippen MR) is 51.7 cm³/mol. The molecule has 2 aromatic heterocycles. The Morgan fingerprint density at radius 2 is 2.50 bits per heavy atom.